The standard InChI is InChI=1S/C24H26F2N6O2/c1-15-27-13-21(32(15)19-7-10-34-11-8-19)22-20(26)12-28-24(30-22)29-18-4-2-16(3-5-18)23(33)31-9-6-17(25)14-31/h2-5,12-13,17,19H,6-11,14H2,1H3,(H,28,29,30). The third-order valence-electron chi connectivity index (χ3n) is 6.33. The number of nitrogens with one attached hydrogen (secondary N) is 1. The topological polar surface area (TPSA) is 85.2 Å². The first-order chi connectivity index (χ1) is 16.5. The maximum absolute atomic E-state index is 14.8. The number of carbonyl (C=O) groups excluding carboxylic acids is 1. The molecule has 4 heterocycles. The number of aromatic nitrogens is 4. The number of halogens is 2. The van der Waals surface area contributed by atoms with E-state index < -0.39 is 12.0 Å². The zero-order valence-corrected chi connectivity index (χ0v) is 18.9. The number of anilines is 2. The Morgan fingerprint density at radius 2 is 1.88 bits per heavy atom. The van der Waals surface area contributed by atoms with Gasteiger partial charge in [0.15, 0.2) is 5.82 Å². The second-order valence-corrected chi connectivity index (χ2v) is 8.63. The summed E-state index contributed by atoms with van der Waals surface area (Å²) in [5, 5.41) is 3.07. The fourth-order valence-corrected chi connectivity index (χ4v) is 4.55. The van der Waals surface area contributed by atoms with Crippen molar-refractivity contribution in [2.45, 2.75) is 38.4 Å². The van der Waals surface area contributed by atoms with Crippen LogP contribution in [0.3, 0.4) is 0 Å². The van der Waals surface area contributed by atoms with Crippen LogP contribution in [0.25, 0.3) is 11.4 Å². The van der Waals surface area contributed by atoms with Crippen LogP contribution in [0.1, 0.15) is 41.5 Å². The number of rotatable bonds is 5. The molecule has 2 aromatic heterocycles. The summed E-state index contributed by atoms with van der Waals surface area (Å²) in [6, 6.07) is 6.96. The maximum Gasteiger partial charge on any atom is 0.253 e. The van der Waals surface area contributed by atoms with Crippen LogP contribution in [-0.4, -0.2) is 62.8 Å². The van der Waals surface area contributed by atoms with Crippen LogP contribution < -0.4 is 5.32 Å². The van der Waals surface area contributed by atoms with Crippen molar-refractivity contribution >= 4 is 17.5 Å². The van der Waals surface area contributed by atoms with E-state index in [1.807, 2.05) is 11.5 Å². The summed E-state index contributed by atoms with van der Waals surface area (Å²) in [4.78, 5) is 26.9. The van der Waals surface area contributed by atoms with Crippen LogP contribution in [-0.2, 0) is 4.74 Å². The van der Waals surface area contributed by atoms with Crippen LogP contribution in [0.4, 0.5) is 20.4 Å². The van der Waals surface area contributed by atoms with Gasteiger partial charge in [-0.3, -0.25) is 4.79 Å². The number of carbonyl (C=O) groups is 1. The number of likely N-dealkylation sites (tertiary alicyclic amines) is 1. The van der Waals surface area contributed by atoms with Gasteiger partial charge in [-0.1, -0.05) is 0 Å². The number of aryl methyl sites for hydroxylation is 1. The second-order valence-electron chi connectivity index (χ2n) is 8.63. The molecule has 10 heteroatoms. The first kappa shape index (κ1) is 22.4. The predicted octanol–water partition coefficient (Wildman–Crippen LogP) is 4.07. The van der Waals surface area contributed by atoms with Crippen molar-refractivity contribution in [2.75, 3.05) is 31.6 Å². The Balaban J connectivity index is 1.35. The molecule has 0 spiro atoms. The van der Waals surface area contributed by atoms with Gasteiger partial charge in [0.25, 0.3) is 5.91 Å². The minimum Gasteiger partial charge on any atom is -0.381 e. The van der Waals surface area contributed by atoms with Crippen molar-refractivity contribution in [3.63, 3.8) is 0 Å². The van der Waals surface area contributed by atoms with E-state index in [1.165, 1.54) is 4.90 Å². The third-order valence-corrected chi connectivity index (χ3v) is 6.33. The molecule has 0 saturated carbocycles. The summed E-state index contributed by atoms with van der Waals surface area (Å²) in [6.45, 7) is 3.78. The average Bonchev–Trinajstić information content (AvgIpc) is 3.46. The second kappa shape index (κ2) is 9.46. The van der Waals surface area contributed by atoms with Gasteiger partial charge in [0, 0.05) is 37.1 Å². The molecule has 2 aliphatic heterocycles. The predicted molar refractivity (Wildman–Crippen MR) is 122 cm³/mol. The summed E-state index contributed by atoms with van der Waals surface area (Å²) in [7, 11) is 0. The number of nitrogens with zero attached hydrogens (tertiary/aromatic N) is 5. The highest BCUT2D eigenvalue weighted by Crippen LogP contribution is 2.31. The number of hydrogen-bond acceptors (Lipinski definition) is 6. The Kier molecular flexibility index (Phi) is 6.23. The summed E-state index contributed by atoms with van der Waals surface area (Å²) < 4.78 is 35.7. The molecule has 1 amide bonds. The van der Waals surface area contributed by atoms with Crippen LogP contribution in [0.2, 0.25) is 0 Å². The van der Waals surface area contributed by atoms with Gasteiger partial charge in [-0.05, 0) is 50.5 Å². The molecular weight excluding hydrogens is 442 g/mol. The monoisotopic (exact) mass is 468 g/mol. The Labute approximate surface area is 196 Å². The molecule has 3 aromatic rings. The van der Waals surface area contributed by atoms with Gasteiger partial charge >= 0.3 is 0 Å². The first-order valence-electron chi connectivity index (χ1n) is 11.4. The lowest BCUT2D eigenvalue weighted by atomic mass is 10.1. The van der Waals surface area contributed by atoms with Crippen LogP contribution in [0.5, 0.6) is 0 Å². The van der Waals surface area contributed by atoms with Crippen molar-refractivity contribution in [1.82, 2.24) is 24.4 Å². The molecule has 2 saturated heterocycles. The van der Waals surface area contributed by atoms with Crippen LogP contribution in [0, 0.1) is 12.7 Å². The Morgan fingerprint density at radius 3 is 2.59 bits per heavy atom. The highest BCUT2D eigenvalue weighted by atomic mass is 19.1. The molecule has 0 aliphatic carbocycles. The van der Waals surface area contributed by atoms with Crippen LogP contribution in [0.15, 0.2) is 36.7 Å². The summed E-state index contributed by atoms with van der Waals surface area (Å²) in [5.41, 5.74) is 1.90. The summed E-state index contributed by atoms with van der Waals surface area (Å²) in [5.74, 6) is 0.305. The van der Waals surface area contributed by atoms with E-state index in [4.69, 9.17) is 4.74 Å². The third kappa shape index (κ3) is 4.50. The minimum absolute atomic E-state index is 0.134. The van der Waals surface area contributed by atoms with Gasteiger partial charge in [0.05, 0.1) is 24.6 Å². The number of alkyl halides is 1. The molecule has 1 N–H and O–H groups in total. The van der Waals surface area contributed by atoms with E-state index in [0.717, 1.165) is 24.9 Å². The lowest BCUT2D eigenvalue weighted by Gasteiger charge is -2.26. The lowest BCUT2D eigenvalue weighted by Crippen LogP contribution is -2.28. The minimum atomic E-state index is -0.957. The number of imidazole rings is 1. The molecule has 5 rings (SSSR count). The zero-order valence-electron chi connectivity index (χ0n) is 18.9. The summed E-state index contributed by atoms with van der Waals surface area (Å²) in [6.07, 6.45) is 3.86. The van der Waals surface area contributed by atoms with Crippen LogP contribution >= 0.6 is 0 Å². The molecule has 1 aromatic carbocycles. The highest BCUT2D eigenvalue weighted by Gasteiger charge is 2.27. The molecule has 8 nitrogen and oxygen atoms in total. The highest BCUT2D eigenvalue weighted by molar-refractivity contribution is 5.94. The van der Waals surface area contributed by atoms with Crippen molar-refractivity contribution in [3.05, 3.63) is 53.9 Å². The number of ether oxygens (including phenoxy) is 1. The molecule has 0 bridgehead atoms. The number of hydrogen-bond donors (Lipinski definition) is 1. The normalized spacial score (nSPS) is 18.9. The van der Waals surface area contributed by atoms with E-state index in [0.29, 0.717) is 43.1 Å². The van der Waals surface area contributed by atoms with Crippen molar-refractivity contribution in [2.24, 2.45) is 0 Å². The lowest BCUT2D eigenvalue weighted by molar-refractivity contribution is 0.0694. The van der Waals surface area contributed by atoms with Gasteiger partial charge in [-0.25, -0.2) is 23.7 Å². The largest absolute Gasteiger partial charge is 0.381 e. The number of benzene rings is 1. The average molecular weight is 469 g/mol. The molecule has 0 radical (unpaired) electrons. The Hall–Kier alpha value is -3.40. The van der Waals surface area contributed by atoms with Gasteiger partial charge < -0.3 is 19.5 Å². The van der Waals surface area contributed by atoms with E-state index in [1.54, 1.807) is 30.5 Å². The molecule has 2 fully saturated rings. The molecule has 1 atom stereocenters. The van der Waals surface area contributed by atoms with Crippen molar-refractivity contribution in [1.29, 1.82) is 0 Å². The Morgan fingerprint density at radius 1 is 1.12 bits per heavy atom. The smallest absolute Gasteiger partial charge is 0.253 e. The van der Waals surface area contributed by atoms with Gasteiger partial charge in [-0.15, -0.1) is 0 Å². The quantitative estimate of drug-likeness (QED) is 0.608. The van der Waals surface area contributed by atoms with E-state index >= 15 is 0 Å². The zero-order chi connectivity index (χ0) is 23.7. The van der Waals surface area contributed by atoms with E-state index in [-0.39, 0.29) is 30.1 Å². The summed E-state index contributed by atoms with van der Waals surface area (Å²) >= 11 is 0. The Bertz CT molecular complexity index is 1180. The molecule has 34 heavy (non-hydrogen) atoms. The molecule has 2 aliphatic rings. The fourth-order valence-electron chi connectivity index (χ4n) is 4.55. The fraction of sp³-hybridized carbons (Fsp3) is 0.417. The van der Waals surface area contributed by atoms with Crippen molar-refractivity contribution in [3.8, 4) is 11.4 Å². The van der Waals surface area contributed by atoms with E-state index in [2.05, 4.69) is 20.3 Å². The van der Waals surface area contributed by atoms with Gasteiger partial charge in [-0.2, -0.15) is 0 Å². The molecule has 178 valence electrons. The molecule has 1 unspecified atom stereocenters. The maximum atomic E-state index is 14.8. The first-order valence-corrected chi connectivity index (χ1v) is 11.4. The van der Waals surface area contributed by atoms with Crippen molar-refractivity contribution < 1.29 is 18.3 Å². The van der Waals surface area contributed by atoms with Gasteiger partial charge in [0.2, 0.25) is 5.95 Å². The SMILES string of the molecule is Cc1ncc(-c2nc(Nc3ccc(C(=O)N4CCC(F)C4)cc3)ncc2F)n1C1CCOCC1. The van der Waals surface area contributed by atoms with Gasteiger partial charge in [0.1, 0.15) is 17.7 Å². The molecular formula is C24H26F2N6O2. The number of amides is 1. The van der Waals surface area contributed by atoms with E-state index in [9.17, 15) is 13.6 Å².